The lowest BCUT2D eigenvalue weighted by atomic mass is 10.2. The Morgan fingerprint density at radius 3 is 2.43 bits per heavy atom. The minimum Gasteiger partial charge on any atom is -0.494 e. The van der Waals surface area contributed by atoms with Crippen LogP contribution in [0.15, 0.2) is 24.3 Å². The topological polar surface area (TPSA) is 83.9 Å². The maximum absolute atomic E-state index is 12.0. The summed E-state index contributed by atoms with van der Waals surface area (Å²) in [6, 6.07) is 7.22. The molecular weight excluding hydrogens is 294 g/mol. The van der Waals surface area contributed by atoms with Gasteiger partial charge in [-0.15, -0.1) is 0 Å². The summed E-state index contributed by atoms with van der Waals surface area (Å²) in [5.74, 6) is -0.403. The van der Waals surface area contributed by atoms with E-state index < -0.39 is 16.0 Å². The van der Waals surface area contributed by atoms with Crippen molar-refractivity contribution in [2.75, 3.05) is 19.4 Å². The summed E-state index contributed by atoms with van der Waals surface area (Å²) in [7, 11) is -1.94. The first-order valence-corrected chi connectivity index (χ1v) is 8.33. The second-order valence-corrected chi connectivity index (χ2v) is 6.84. The number of ether oxygens (including phenoxy) is 1. The Labute approximate surface area is 125 Å². The molecule has 1 rings (SSSR count). The minimum absolute atomic E-state index is 0.116. The highest BCUT2D eigenvalue weighted by Gasteiger charge is 2.18. The molecule has 7 heteroatoms. The fourth-order valence-electron chi connectivity index (χ4n) is 1.77. The lowest BCUT2D eigenvalue weighted by molar-refractivity contribution is -0.137. The molecule has 0 amide bonds. The van der Waals surface area contributed by atoms with Gasteiger partial charge in [0, 0.05) is 20.0 Å². The van der Waals surface area contributed by atoms with Gasteiger partial charge in [0.15, 0.2) is 0 Å². The summed E-state index contributed by atoms with van der Waals surface area (Å²) in [6.45, 7) is 2.73. The smallest absolute Gasteiger partial charge is 0.303 e. The molecule has 1 aromatic carbocycles. The van der Waals surface area contributed by atoms with Crippen molar-refractivity contribution in [2.24, 2.45) is 0 Å². The lowest BCUT2D eigenvalue weighted by Crippen LogP contribution is -2.29. The molecule has 118 valence electrons. The van der Waals surface area contributed by atoms with E-state index in [0.29, 0.717) is 6.61 Å². The molecule has 0 aliphatic carbocycles. The van der Waals surface area contributed by atoms with Crippen LogP contribution in [0.5, 0.6) is 5.75 Å². The molecule has 0 aliphatic heterocycles. The van der Waals surface area contributed by atoms with Crippen LogP contribution < -0.4 is 4.74 Å². The first-order chi connectivity index (χ1) is 9.85. The Balaban J connectivity index is 2.58. The molecule has 0 saturated carbocycles. The molecule has 0 unspecified atom stereocenters. The molecule has 0 heterocycles. The highest BCUT2D eigenvalue weighted by molar-refractivity contribution is 7.89. The van der Waals surface area contributed by atoms with Crippen LogP contribution in [0.25, 0.3) is 0 Å². The number of carboxylic acid groups (broad SMARTS) is 1. The first-order valence-electron chi connectivity index (χ1n) is 6.72. The van der Waals surface area contributed by atoms with Crippen LogP contribution in [-0.2, 0) is 21.4 Å². The van der Waals surface area contributed by atoms with Crippen molar-refractivity contribution < 1.29 is 23.1 Å². The highest BCUT2D eigenvalue weighted by Crippen LogP contribution is 2.15. The molecule has 0 saturated heterocycles. The molecule has 21 heavy (non-hydrogen) atoms. The Bertz CT molecular complexity index is 553. The van der Waals surface area contributed by atoms with E-state index in [-0.39, 0.29) is 25.1 Å². The van der Waals surface area contributed by atoms with Gasteiger partial charge in [-0.1, -0.05) is 12.1 Å². The number of hydrogen-bond donors (Lipinski definition) is 1. The van der Waals surface area contributed by atoms with Crippen LogP contribution in [0.4, 0.5) is 0 Å². The van der Waals surface area contributed by atoms with E-state index in [2.05, 4.69) is 0 Å². The van der Waals surface area contributed by atoms with Crippen molar-refractivity contribution in [2.45, 2.75) is 26.3 Å². The Morgan fingerprint density at radius 2 is 1.90 bits per heavy atom. The average Bonchev–Trinajstić information content (AvgIpc) is 2.40. The first kappa shape index (κ1) is 17.5. The molecule has 0 atom stereocenters. The fourth-order valence-corrected chi connectivity index (χ4v) is 2.94. The standard InChI is InChI=1S/C14H21NO5S/c1-3-20-13-8-6-12(7-9-13)11-15(2)21(18,19)10-4-5-14(16)17/h6-9H,3-5,10-11H2,1-2H3,(H,16,17). The second-order valence-electron chi connectivity index (χ2n) is 4.65. The van der Waals surface area contributed by atoms with Crippen LogP contribution in [-0.4, -0.2) is 43.2 Å². The molecule has 0 aromatic heterocycles. The zero-order valence-electron chi connectivity index (χ0n) is 12.3. The number of rotatable bonds is 9. The number of carbonyl (C=O) groups is 1. The van der Waals surface area contributed by atoms with E-state index in [1.807, 2.05) is 19.1 Å². The number of nitrogens with zero attached hydrogens (tertiary/aromatic N) is 1. The molecule has 0 radical (unpaired) electrons. The van der Waals surface area contributed by atoms with Crippen molar-refractivity contribution in [3.63, 3.8) is 0 Å². The maximum Gasteiger partial charge on any atom is 0.303 e. The Morgan fingerprint density at radius 1 is 1.29 bits per heavy atom. The molecule has 0 fully saturated rings. The van der Waals surface area contributed by atoms with Gasteiger partial charge in [0.05, 0.1) is 12.4 Å². The van der Waals surface area contributed by atoms with E-state index >= 15 is 0 Å². The molecule has 1 N–H and O–H groups in total. The summed E-state index contributed by atoms with van der Waals surface area (Å²) < 4.78 is 30.6. The number of aliphatic carboxylic acids is 1. The predicted octanol–water partition coefficient (Wildman–Crippen LogP) is 1.71. The number of sulfonamides is 1. The summed E-state index contributed by atoms with van der Waals surface area (Å²) >= 11 is 0. The van der Waals surface area contributed by atoms with E-state index in [1.54, 1.807) is 12.1 Å². The maximum atomic E-state index is 12.0. The van der Waals surface area contributed by atoms with Crippen LogP contribution in [0.2, 0.25) is 0 Å². The molecule has 0 aliphatic rings. The monoisotopic (exact) mass is 315 g/mol. The van der Waals surface area contributed by atoms with Crippen LogP contribution >= 0.6 is 0 Å². The van der Waals surface area contributed by atoms with Crippen LogP contribution in [0.1, 0.15) is 25.3 Å². The Kier molecular flexibility index (Phi) is 6.64. The van der Waals surface area contributed by atoms with Crippen molar-refractivity contribution in [3.05, 3.63) is 29.8 Å². The zero-order valence-corrected chi connectivity index (χ0v) is 13.1. The summed E-state index contributed by atoms with van der Waals surface area (Å²) in [6.07, 6.45) is -0.0264. The Hall–Kier alpha value is -1.60. The van der Waals surface area contributed by atoms with E-state index in [9.17, 15) is 13.2 Å². The van der Waals surface area contributed by atoms with Gasteiger partial charge in [0.1, 0.15) is 5.75 Å². The largest absolute Gasteiger partial charge is 0.494 e. The second kappa shape index (κ2) is 7.99. The van der Waals surface area contributed by atoms with Gasteiger partial charge in [-0.3, -0.25) is 4.79 Å². The van der Waals surface area contributed by atoms with Gasteiger partial charge in [-0.2, -0.15) is 0 Å². The SMILES string of the molecule is CCOc1ccc(CN(C)S(=O)(=O)CCCC(=O)O)cc1. The summed E-state index contributed by atoms with van der Waals surface area (Å²) in [5, 5.41) is 8.53. The lowest BCUT2D eigenvalue weighted by Gasteiger charge is -2.17. The van der Waals surface area contributed by atoms with E-state index in [0.717, 1.165) is 11.3 Å². The van der Waals surface area contributed by atoms with Gasteiger partial charge in [0.2, 0.25) is 10.0 Å². The van der Waals surface area contributed by atoms with Crippen molar-refractivity contribution in [1.29, 1.82) is 0 Å². The third-order valence-corrected chi connectivity index (χ3v) is 4.79. The molecule has 1 aromatic rings. The van der Waals surface area contributed by atoms with Crippen LogP contribution in [0, 0.1) is 0 Å². The molecular formula is C14H21NO5S. The third kappa shape index (κ3) is 6.14. The molecule has 0 spiro atoms. The highest BCUT2D eigenvalue weighted by atomic mass is 32.2. The zero-order chi connectivity index (χ0) is 15.9. The third-order valence-electron chi connectivity index (χ3n) is 2.91. The van der Waals surface area contributed by atoms with Crippen LogP contribution in [0.3, 0.4) is 0 Å². The van der Waals surface area contributed by atoms with E-state index in [1.165, 1.54) is 11.4 Å². The molecule has 6 nitrogen and oxygen atoms in total. The van der Waals surface area contributed by atoms with Gasteiger partial charge in [-0.05, 0) is 31.0 Å². The van der Waals surface area contributed by atoms with Crippen molar-refractivity contribution in [1.82, 2.24) is 4.31 Å². The van der Waals surface area contributed by atoms with Crippen molar-refractivity contribution in [3.8, 4) is 5.75 Å². The summed E-state index contributed by atoms with van der Waals surface area (Å²) in [5.41, 5.74) is 0.850. The quantitative estimate of drug-likeness (QED) is 0.750. The minimum atomic E-state index is -3.44. The van der Waals surface area contributed by atoms with Gasteiger partial charge < -0.3 is 9.84 Å². The summed E-state index contributed by atoms with van der Waals surface area (Å²) in [4.78, 5) is 10.4. The van der Waals surface area contributed by atoms with Gasteiger partial charge in [0.25, 0.3) is 0 Å². The molecule has 0 bridgehead atoms. The number of hydrogen-bond acceptors (Lipinski definition) is 4. The average molecular weight is 315 g/mol. The number of carboxylic acids is 1. The van der Waals surface area contributed by atoms with Gasteiger partial charge >= 0.3 is 5.97 Å². The van der Waals surface area contributed by atoms with E-state index in [4.69, 9.17) is 9.84 Å². The predicted molar refractivity (Wildman–Crippen MR) is 79.7 cm³/mol. The van der Waals surface area contributed by atoms with Gasteiger partial charge in [-0.25, -0.2) is 12.7 Å². The normalized spacial score (nSPS) is 11.6. The van der Waals surface area contributed by atoms with Crippen molar-refractivity contribution >= 4 is 16.0 Å². The fraction of sp³-hybridized carbons (Fsp3) is 0.500. The number of benzene rings is 1.